The largest absolute Gasteiger partial charge is 0.348 e. The van der Waals surface area contributed by atoms with Crippen molar-refractivity contribution in [2.45, 2.75) is 58.9 Å². The van der Waals surface area contributed by atoms with Crippen LogP contribution in [0.5, 0.6) is 0 Å². The number of hydrogen-bond acceptors (Lipinski definition) is 2. The molecule has 0 heterocycles. The van der Waals surface area contributed by atoms with Gasteiger partial charge >= 0.3 is 11.8 Å². The summed E-state index contributed by atoms with van der Waals surface area (Å²) >= 11 is 0. The molecule has 2 rings (SSSR count). The minimum Gasteiger partial charge on any atom is -0.348 e. The van der Waals surface area contributed by atoms with Crippen molar-refractivity contribution in [3.63, 3.8) is 0 Å². The third-order valence-corrected chi connectivity index (χ3v) is 5.04. The molecule has 132 valence electrons. The second-order valence-electron chi connectivity index (χ2n) is 7.88. The van der Waals surface area contributed by atoms with Gasteiger partial charge in [0.05, 0.1) is 0 Å². The Balaban J connectivity index is 1.68. The number of benzene rings is 1. The first kappa shape index (κ1) is 18.5. The molecule has 0 aromatic heterocycles. The average Bonchev–Trinajstić information content (AvgIpc) is 2.55. The van der Waals surface area contributed by atoms with E-state index in [1.54, 1.807) is 0 Å². The number of rotatable bonds is 4. The normalized spacial score (nSPS) is 21.1. The van der Waals surface area contributed by atoms with Gasteiger partial charge in [0.1, 0.15) is 0 Å². The summed E-state index contributed by atoms with van der Waals surface area (Å²) in [6.07, 6.45) is 4.89. The Kier molecular flexibility index (Phi) is 6.41. The highest BCUT2D eigenvalue weighted by atomic mass is 16.2. The van der Waals surface area contributed by atoms with Crippen molar-refractivity contribution >= 4 is 11.8 Å². The molecule has 4 heteroatoms. The van der Waals surface area contributed by atoms with Crippen LogP contribution in [-0.4, -0.2) is 24.4 Å². The van der Waals surface area contributed by atoms with Crippen LogP contribution in [0.15, 0.2) is 30.3 Å². The Morgan fingerprint density at radius 1 is 1.00 bits per heavy atom. The molecule has 0 spiro atoms. The molecule has 1 aromatic carbocycles. The third kappa shape index (κ3) is 5.66. The van der Waals surface area contributed by atoms with Crippen molar-refractivity contribution in [3.8, 4) is 0 Å². The maximum absolute atomic E-state index is 12.0. The van der Waals surface area contributed by atoms with E-state index < -0.39 is 11.8 Å². The second-order valence-corrected chi connectivity index (χ2v) is 7.88. The molecule has 0 aliphatic heterocycles. The van der Waals surface area contributed by atoms with E-state index in [4.69, 9.17) is 0 Å². The Hall–Kier alpha value is -1.84. The summed E-state index contributed by atoms with van der Waals surface area (Å²) in [5.74, 6) is -0.323. The number of nitrogens with one attached hydrogen (secondary N) is 2. The molecule has 1 saturated carbocycles. The van der Waals surface area contributed by atoms with Crippen molar-refractivity contribution in [2.75, 3.05) is 6.54 Å². The Morgan fingerprint density at radius 2 is 1.62 bits per heavy atom. The van der Waals surface area contributed by atoms with Gasteiger partial charge in [-0.25, -0.2) is 0 Å². The van der Waals surface area contributed by atoms with E-state index in [9.17, 15) is 9.59 Å². The molecule has 2 amide bonds. The SMILES string of the molecule is CC(C)(C)C1CCC(NC(=O)C(=O)NCCc2ccccc2)CC1. The van der Waals surface area contributed by atoms with Gasteiger partial charge in [-0.3, -0.25) is 9.59 Å². The first-order valence-electron chi connectivity index (χ1n) is 8.99. The van der Waals surface area contributed by atoms with Crippen LogP contribution < -0.4 is 10.6 Å². The third-order valence-electron chi connectivity index (χ3n) is 5.04. The maximum atomic E-state index is 12.0. The molecule has 0 bridgehead atoms. The molecule has 4 nitrogen and oxygen atoms in total. The van der Waals surface area contributed by atoms with Crippen molar-refractivity contribution in [3.05, 3.63) is 35.9 Å². The summed E-state index contributed by atoms with van der Waals surface area (Å²) in [4.78, 5) is 23.9. The zero-order valence-corrected chi connectivity index (χ0v) is 15.1. The van der Waals surface area contributed by atoms with Gasteiger partial charge in [-0.2, -0.15) is 0 Å². The van der Waals surface area contributed by atoms with E-state index in [0.29, 0.717) is 17.9 Å². The summed E-state index contributed by atoms with van der Waals surface area (Å²) in [5.41, 5.74) is 1.47. The van der Waals surface area contributed by atoms with Crippen LogP contribution in [-0.2, 0) is 16.0 Å². The fourth-order valence-electron chi connectivity index (χ4n) is 3.40. The van der Waals surface area contributed by atoms with Crippen molar-refractivity contribution < 1.29 is 9.59 Å². The van der Waals surface area contributed by atoms with Crippen LogP contribution in [0.4, 0.5) is 0 Å². The van der Waals surface area contributed by atoms with Gasteiger partial charge in [0.15, 0.2) is 0 Å². The smallest absolute Gasteiger partial charge is 0.309 e. The van der Waals surface area contributed by atoms with E-state index in [1.165, 1.54) is 0 Å². The van der Waals surface area contributed by atoms with Crippen LogP contribution in [0.3, 0.4) is 0 Å². The van der Waals surface area contributed by atoms with Crippen molar-refractivity contribution in [1.29, 1.82) is 0 Å². The van der Waals surface area contributed by atoms with Crippen LogP contribution >= 0.6 is 0 Å². The number of amides is 2. The summed E-state index contributed by atoms with van der Waals surface area (Å²) < 4.78 is 0. The zero-order chi connectivity index (χ0) is 17.6. The van der Waals surface area contributed by atoms with Crippen LogP contribution in [0.1, 0.15) is 52.0 Å². The van der Waals surface area contributed by atoms with E-state index in [-0.39, 0.29) is 6.04 Å². The molecule has 1 aromatic rings. The fraction of sp³-hybridized carbons (Fsp3) is 0.600. The summed E-state index contributed by atoms with van der Waals surface area (Å²) in [7, 11) is 0. The predicted molar refractivity (Wildman–Crippen MR) is 96.5 cm³/mol. The molecule has 24 heavy (non-hydrogen) atoms. The van der Waals surface area contributed by atoms with E-state index in [1.807, 2.05) is 30.3 Å². The summed E-state index contributed by atoms with van der Waals surface area (Å²) in [6, 6.07) is 10.1. The standard InChI is InChI=1S/C20H30N2O2/c1-20(2,3)16-9-11-17(12-10-16)22-19(24)18(23)21-14-13-15-7-5-4-6-8-15/h4-8,16-17H,9-14H2,1-3H3,(H,21,23)(H,22,24). The Morgan fingerprint density at radius 3 is 2.21 bits per heavy atom. The van der Waals surface area contributed by atoms with Crippen molar-refractivity contribution in [1.82, 2.24) is 10.6 Å². The fourth-order valence-corrected chi connectivity index (χ4v) is 3.40. The van der Waals surface area contributed by atoms with Gasteiger partial charge in [0, 0.05) is 12.6 Å². The average molecular weight is 330 g/mol. The monoisotopic (exact) mass is 330 g/mol. The van der Waals surface area contributed by atoms with E-state index >= 15 is 0 Å². The van der Waals surface area contributed by atoms with Crippen LogP contribution in [0.25, 0.3) is 0 Å². The Bertz CT molecular complexity index is 541. The quantitative estimate of drug-likeness (QED) is 0.834. The Labute approximate surface area is 145 Å². The molecule has 0 saturated heterocycles. The molecule has 1 aliphatic rings. The van der Waals surface area contributed by atoms with Gasteiger partial charge < -0.3 is 10.6 Å². The van der Waals surface area contributed by atoms with Gasteiger partial charge in [0.2, 0.25) is 0 Å². The molecule has 0 radical (unpaired) electrons. The highest BCUT2D eigenvalue weighted by Crippen LogP contribution is 2.37. The minimum absolute atomic E-state index is 0.135. The van der Waals surface area contributed by atoms with Gasteiger partial charge in [-0.1, -0.05) is 51.1 Å². The van der Waals surface area contributed by atoms with Crippen LogP contribution in [0.2, 0.25) is 0 Å². The van der Waals surface area contributed by atoms with Gasteiger partial charge in [0.25, 0.3) is 0 Å². The van der Waals surface area contributed by atoms with Gasteiger partial charge in [-0.05, 0) is 49.0 Å². The molecular formula is C20H30N2O2. The number of hydrogen-bond donors (Lipinski definition) is 2. The zero-order valence-electron chi connectivity index (χ0n) is 15.1. The van der Waals surface area contributed by atoms with Crippen LogP contribution in [0, 0.1) is 11.3 Å². The molecule has 0 atom stereocenters. The highest BCUT2D eigenvalue weighted by Gasteiger charge is 2.30. The lowest BCUT2D eigenvalue weighted by Crippen LogP contribution is -2.46. The lowest BCUT2D eigenvalue weighted by molar-refractivity contribution is -0.139. The number of carbonyl (C=O) groups is 2. The first-order valence-corrected chi connectivity index (χ1v) is 8.99. The lowest BCUT2D eigenvalue weighted by Gasteiger charge is -2.37. The van der Waals surface area contributed by atoms with E-state index in [0.717, 1.165) is 37.7 Å². The second kappa shape index (κ2) is 8.32. The molecule has 1 fully saturated rings. The predicted octanol–water partition coefficient (Wildman–Crippen LogP) is 3.07. The highest BCUT2D eigenvalue weighted by molar-refractivity contribution is 6.35. The molecular weight excluding hydrogens is 300 g/mol. The molecule has 1 aliphatic carbocycles. The van der Waals surface area contributed by atoms with Crippen molar-refractivity contribution in [2.24, 2.45) is 11.3 Å². The lowest BCUT2D eigenvalue weighted by atomic mass is 9.71. The van der Waals surface area contributed by atoms with E-state index in [2.05, 4.69) is 31.4 Å². The molecule has 2 N–H and O–H groups in total. The minimum atomic E-state index is -0.524. The first-order chi connectivity index (χ1) is 11.4. The molecule has 0 unspecified atom stereocenters. The number of carbonyl (C=O) groups excluding carboxylic acids is 2. The maximum Gasteiger partial charge on any atom is 0.309 e. The topological polar surface area (TPSA) is 58.2 Å². The summed E-state index contributed by atoms with van der Waals surface area (Å²) in [5, 5.41) is 5.59. The van der Waals surface area contributed by atoms with Gasteiger partial charge in [-0.15, -0.1) is 0 Å². The summed E-state index contributed by atoms with van der Waals surface area (Å²) in [6.45, 7) is 7.30.